The number of ether oxygens (including phenoxy) is 4. The summed E-state index contributed by atoms with van der Waals surface area (Å²) in [6.07, 6.45) is 8.75. The highest BCUT2D eigenvalue weighted by molar-refractivity contribution is 6.09. The third-order valence-electron chi connectivity index (χ3n) is 6.49. The zero-order valence-corrected chi connectivity index (χ0v) is 28.8. The number of benzene rings is 3. The van der Waals surface area contributed by atoms with Crippen LogP contribution in [0, 0.1) is 20.2 Å². The fourth-order valence-corrected chi connectivity index (χ4v) is 3.95. The Kier molecular flexibility index (Phi) is 21.1. The summed E-state index contributed by atoms with van der Waals surface area (Å²) in [5.74, 6) is 0.364. The second-order valence-corrected chi connectivity index (χ2v) is 10.5. The summed E-state index contributed by atoms with van der Waals surface area (Å²) >= 11 is 0. The smallest absolute Gasteiger partial charge is 0.333 e. The van der Waals surface area contributed by atoms with Gasteiger partial charge in [0, 0.05) is 48.1 Å². The Morgan fingerprint density at radius 1 is 0.765 bits per heavy atom. The van der Waals surface area contributed by atoms with Crippen molar-refractivity contribution in [1.82, 2.24) is 0 Å². The number of rotatable bonds is 19. The van der Waals surface area contributed by atoms with Gasteiger partial charge in [-0.3, -0.25) is 34.6 Å². The van der Waals surface area contributed by atoms with E-state index in [4.69, 9.17) is 9.47 Å². The molecule has 0 amide bonds. The Labute approximate surface area is 296 Å². The van der Waals surface area contributed by atoms with Gasteiger partial charge in [0.25, 0.3) is 17.8 Å². The van der Waals surface area contributed by atoms with Crippen molar-refractivity contribution in [2.75, 3.05) is 33.5 Å². The number of methoxy groups -OCH3 is 1. The molecule has 3 aromatic rings. The van der Waals surface area contributed by atoms with Crippen molar-refractivity contribution in [3.8, 4) is 5.75 Å². The molecule has 0 spiro atoms. The van der Waals surface area contributed by atoms with Crippen LogP contribution in [-0.4, -0.2) is 67.9 Å². The van der Waals surface area contributed by atoms with E-state index in [0.29, 0.717) is 36.1 Å². The van der Waals surface area contributed by atoms with Gasteiger partial charge in [-0.2, -0.15) is 0 Å². The van der Waals surface area contributed by atoms with Crippen LogP contribution in [0.25, 0.3) is 6.08 Å². The molecule has 0 unspecified atom stereocenters. The Balaban J connectivity index is 0.000000436. The lowest BCUT2D eigenvalue weighted by Gasteiger charge is -2.07. The number of ketones is 1. The molecule has 0 aliphatic rings. The summed E-state index contributed by atoms with van der Waals surface area (Å²) in [5.41, 5.74) is 1.76. The van der Waals surface area contributed by atoms with Crippen LogP contribution >= 0.6 is 0 Å². The minimum absolute atomic E-state index is 0.0294. The number of nitro groups is 2. The first-order valence-corrected chi connectivity index (χ1v) is 15.7. The maximum atomic E-state index is 12.5. The van der Waals surface area contributed by atoms with Gasteiger partial charge in [0.15, 0.2) is 12.1 Å². The third kappa shape index (κ3) is 17.8. The van der Waals surface area contributed by atoms with Crippen LogP contribution in [0.3, 0.4) is 0 Å². The molecule has 0 saturated heterocycles. The van der Waals surface area contributed by atoms with E-state index >= 15 is 0 Å². The van der Waals surface area contributed by atoms with Gasteiger partial charge in [0.2, 0.25) is 0 Å². The molecule has 14 heteroatoms. The highest BCUT2D eigenvalue weighted by Gasteiger charge is 2.15. The first-order valence-electron chi connectivity index (χ1n) is 15.7. The fourth-order valence-electron chi connectivity index (χ4n) is 3.95. The molecule has 0 saturated carbocycles. The van der Waals surface area contributed by atoms with E-state index < -0.39 is 27.2 Å². The fraction of sp³-hybridized carbons (Fsp3) is 0.297. The zero-order chi connectivity index (χ0) is 38.0. The van der Waals surface area contributed by atoms with Gasteiger partial charge in [-0.25, -0.2) is 4.79 Å². The molecule has 3 aromatic carbocycles. The molecular weight excluding hydrogens is 664 g/mol. The monoisotopic (exact) mass is 706 g/mol. The third-order valence-corrected chi connectivity index (χ3v) is 6.49. The van der Waals surface area contributed by atoms with Gasteiger partial charge in [0.05, 0.1) is 22.5 Å². The molecule has 0 aliphatic heterocycles. The first kappa shape index (κ1) is 43.0. The number of nitro benzene ring substituents is 2. The van der Waals surface area contributed by atoms with Crippen molar-refractivity contribution in [1.29, 1.82) is 0 Å². The highest BCUT2D eigenvalue weighted by atomic mass is 16.6. The van der Waals surface area contributed by atoms with Crippen LogP contribution in [0.1, 0.15) is 71.4 Å². The average molecular weight is 707 g/mol. The molecule has 0 aromatic heterocycles. The van der Waals surface area contributed by atoms with Crippen molar-refractivity contribution in [2.45, 2.75) is 39.5 Å². The van der Waals surface area contributed by atoms with Crippen molar-refractivity contribution < 1.29 is 48.0 Å². The number of nitrogens with zero attached hydrogens (tertiary/aromatic N) is 2. The van der Waals surface area contributed by atoms with Crippen LogP contribution < -0.4 is 4.74 Å². The second-order valence-electron chi connectivity index (χ2n) is 10.5. The number of hydrogen-bond acceptors (Lipinski definition) is 12. The van der Waals surface area contributed by atoms with Crippen LogP contribution in [-0.2, 0) is 23.8 Å². The van der Waals surface area contributed by atoms with Crippen LogP contribution in [0.5, 0.6) is 5.75 Å². The standard InChI is InChI=1S/C23H28O3.C7H4N2O5.C7H10O4/c1-3-8-19-9-11-20(12-10-19)23(24)21-13-15-22(16-14-21)26-18-7-5-4-6-17-25-2;10-4-5-1-6(8(11)12)3-7(2-5)9(13)14;1-6(2)7(9)11-4-3-10-5-8/h3,8-16H,4-7,17-18H2,1-2H3;1-4H;5H,1,3-4H2,2H3/b8-3+;;. The second kappa shape index (κ2) is 25.0. The van der Waals surface area contributed by atoms with Gasteiger partial charge in [-0.15, -0.1) is 0 Å². The topological polar surface area (TPSA) is 191 Å². The van der Waals surface area contributed by atoms with E-state index in [0.717, 1.165) is 61.8 Å². The SMILES string of the molecule is C/C=C/c1ccc(C(=O)c2ccc(OCCCCCCOC)cc2)cc1.C=C(C)C(=O)OCCOC=O.O=Cc1cc([N+](=O)[O-])cc([N+](=O)[O-])c1. The molecule has 0 radical (unpaired) electrons. The number of aldehydes is 1. The molecule has 51 heavy (non-hydrogen) atoms. The molecule has 0 N–H and O–H groups in total. The van der Waals surface area contributed by atoms with E-state index in [1.54, 1.807) is 14.0 Å². The lowest BCUT2D eigenvalue weighted by Crippen LogP contribution is -2.10. The lowest BCUT2D eigenvalue weighted by molar-refractivity contribution is -0.394. The minimum Gasteiger partial charge on any atom is -0.494 e. The number of carbonyl (C=O) groups excluding carboxylic acids is 4. The Morgan fingerprint density at radius 3 is 1.78 bits per heavy atom. The molecule has 3 rings (SSSR count). The largest absolute Gasteiger partial charge is 0.494 e. The molecule has 272 valence electrons. The molecule has 14 nitrogen and oxygen atoms in total. The van der Waals surface area contributed by atoms with Crippen molar-refractivity contribution in [3.63, 3.8) is 0 Å². The predicted octanol–water partition coefficient (Wildman–Crippen LogP) is 7.13. The molecule has 0 aliphatic carbocycles. The van der Waals surface area contributed by atoms with Gasteiger partial charge in [-0.05, 0) is 62.9 Å². The lowest BCUT2D eigenvalue weighted by atomic mass is 10.0. The van der Waals surface area contributed by atoms with Gasteiger partial charge in [-0.1, -0.05) is 49.4 Å². The summed E-state index contributed by atoms with van der Waals surface area (Å²) in [6.45, 7) is 8.88. The Hall–Kier alpha value is -6.02. The maximum absolute atomic E-state index is 12.5. The number of hydrogen-bond donors (Lipinski definition) is 0. The number of allylic oxidation sites excluding steroid dienone is 1. The molecule has 0 heterocycles. The molecule has 0 bridgehead atoms. The van der Waals surface area contributed by atoms with Gasteiger partial charge >= 0.3 is 5.97 Å². The molecule has 0 atom stereocenters. The summed E-state index contributed by atoms with van der Waals surface area (Å²) in [4.78, 5) is 62.1. The Morgan fingerprint density at radius 2 is 1.31 bits per heavy atom. The summed E-state index contributed by atoms with van der Waals surface area (Å²) in [5, 5.41) is 20.6. The summed E-state index contributed by atoms with van der Waals surface area (Å²) < 4.78 is 19.6. The van der Waals surface area contributed by atoms with Crippen molar-refractivity contribution in [2.24, 2.45) is 0 Å². The summed E-state index contributed by atoms with van der Waals surface area (Å²) in [6, 6.07) is 17.8. The first-order chi connectivity index (χ1) is 24.5. The van der Waals surface area contributed by atoms with Crippen LogP contribution in [0.15, 0.2) is 85.0 Å². The maximum Gasteiger partial charge on any atom is 0.333 e. The number of unbranched alkanes of at least 4 members (excludes halogenated alkanes) is 3. The van der Waals surface area contributed by atoms with E-state index in [1.807, 2.05) is 67.6 Å². The Bertz CT molecular complexity index is 1590. The van der Waals surface area contributed by atoms with E-state index in [9.17, 15) is 39.4 Å². The summed E-state index contributed by atoms with van der Waals surface area (Å²) in [7, 11) is 1.73. The van der Waals surface area contributed by atoms with Gasteiger partial charge < -0.3 is 18.9 Å². The predicted molar refractivity (Wildman–Crippen MR) is 190 cm³/mol. The van der Waals surface area contributed by atoms with E-state index in [-0.39, 0.29) is 24.6 Å². The number of non-ortho nitro benzene ring substituents is 2. The van der Waals surface area contributed by atoms with E-state index in [2.05, 4.69) is 16.1 Å². The quantitative estimate of drug-likeness (QED) is 0.0233. The highest BCUT2D eigenvalue weighted by Crippen LogP contribution is 2.21. The van der Waals surface area contributed by atoms with Crippen molar-refractivity contribution >= 4 is 42.0 Å². The molecule has 0 fully saturated rings. The van der Waals surface area contributed by atoms with E-state index in [1.165, 1.54) is 0 Å². The zero-order valence-electron chi connectivity index (χ0n) is 28.8. The normalized spacial score (nSPS) is 10.0. The van der Waals surface area contributed by atoms with Crippen LogP contribution in [0.2, 0.25) is 0 Å². The number of esters is 1. The molecular formula is C37H42N2O12. The van der Waals surface area contributed by atoms with Gasteiger partial charge in [0.1, 0.15) is 19.0 Å². The van der Waals surface area contributed by atoms with Crippen LogP contribution in [0.4, 0.5) is 11.4 Å². The minimum atomic E-state index is -0.792. The average Bonchev–Trinajstić information content (AvgIpc) is 3.13. The number of carbonyl (C=O) groups is 4. The van der Waals surface area contributed by atoms with Crippen molar-refractivity contribution in [3.05, 3.63) is 127 Å².